The molecular weight excluding hydrogens is 302 g/mol. The van der Waals surface area contributed by atoms with E-state index in [0.717, 1.165) is 38.5 Å². The first-order valence-corrected chi connectivity index (χ1v) is 8.63. The molecule has 2 aromatic rings. The van der Waals surface area contributed by atoms with Crippen LogP contribution in [0.5, 0.6) is 0 Å². The summed E-state index contributed by atoms with van der Waals surface area (Å²) in [6.07, 6.45) is 6.81. The van der Waals surface area contributed by atoms with Gasteiger partial charge in [0.1, 0.15) is 0 Å². The molecule has 1 N–H and O–H groups in total. The van der Waals surface area contributed by atoms with E-state index in [1.54, 1.807) is 12.4 Å². The van der Waals surface area contributed by atoms with Crippen molar-refractivity contribution in [2.24, 2.45) is 11.8 Å². The Hall–Kier alpha value is -2.05. The second kappa shape index (κ2) is 7.23. The molecule has 0 radical (unpaired) electrons. The van der Waals surface area contributed by atoms with E-state index in [1.807, 2.05) is 18.3 Å². The van der Waals surface area contributed by atoms with Gasteiger partial charge in [-0.15, -0.1) is 0 Å². The predicted octanol–water partition coefficient (Wildman–Crippen LogP) is 1.82. The monoisotopic (exact) mass is 325 g/mol. The van der Waals surface area contributed by atoms with Crippen molar-refractivity contribution >= 4 is 5.95 Å². The molecule has 2 aromatic heterocycles. The van der Waals surface area contributed by atoms with Crippen LogP contribution in [0.25, 0.3) is 0 Å². The van der Waals surface area contributed by atoms with Gasteiger partial charge in [-0.1, -0.05) is 6.07 Å². The maximum Gasteiger partial charge on any atom is 0.222 e. The summed E-state index contributed by atoms with van der Waals surface area (Å²) in [6, 6.07) is 7.95. The highest BCUT2D eigenvalue weighted by molar-refractivity contribution is 5.22. The second-order valence-corrected chi connectivity index (χ2v) is 6.59. The van der Waals surface area contributed by atoms with Gasteiger partial charge in [0.15, 0.2) is 0 Å². The summed E-state index contributed by atoms with van der Waals surface area (Å²) in [7, 11) is 0. The second-order valence-electron chi connectivity index (χ2n) is 6.59. The van der Waals surface area contributed by atoms with Crippen molar-refractivity contribution in [1.29, 1.82) is 0 Å². The lowest BCUT2D eigenvalue weighted by Crippen LogP contribution is -2.43. The zero-order valence-corrected chi connectivity index (χ0v) is 13.7. The molecule has 0 saturated carbocycles. The zero-order chi connectivity index (χ0) is 16.2. The first kappa shape index (κ1) is 15.5. The Balaban J connectivity index is 1.35. The summed E-state index contributed by atoms with van der Waals surface area (Å²) in [5.74, 6) is 1.91. The topological polar surface area (TPSA) is 63.2 Å². The molecule has 6 nitrogen and oxygen atoms in total. The van der Waals surface area contributed by atoms with Crippen LogP contribution in [0.15, 0.2) is 42.9 Å². The van der Waals surface area contributed by atoms with Gasteiger partial charge in [-0.05, 0) is 37.1 Å². The number of hydrogen-bond donors (Lipinski definition) is 1. The van der Waals surface area contributed by atoms with Crippen LogP contribution in [-0.4, -0.2) is 52.2 Å². The largest absolute Gasteiger partial charge is 0.376 e. The smallest absolute Gasteiger partial charge is 0.222 e. The van der Waals surface area contributed by atoms with Crippen LogP contribution in [-0.2, 0) is 11.3 Å². The van der Waals surface area contributed by atoms with Gasteiger partial charge in [0.05, 0.1) is 18.4 Å². The number of pyridine rings is 1. The van der Waals surface area contributed by atoms with Gasteiger partial charge >= 0.3 is 0 Å². The lowest BCUT2D eigenvalue weighted by Gasteiger charge is -2.35. The molecule has 2 saturated heterocycles. The minimum atomic E-state index is 0.227. The van der Waals surface area contributed by atoms with Gasteiger partial charge in [0.2, 0.25) is 5.95 Å². The Morgan fingerprint density at radius 2 is 2.00 bits per heavy atom. The van der Waals surface area contributed by atoms with Gasteiger partial charge in [0, 0.05) is 44.1 Å². The van der Waals surface area contributed by atoms with Crippen LogP contribution in [0.3, 0.4) is 0 Å². The van der Waals surface area contributed by atoms with E-state index in [9.17, 15) is 0 Å². The first-order chi connectivity index (χ1) is 11.9. The molecule has 24 heavy (non-hydrogen) atoms. The standard InChI is InChI=1S/C18H23N5O/c1-2-6-19-15(4-1)11-23-9-5-14-13-24-17(16(14)12-23)10-22-18-20-7-3-8-21-18/h1-4,6-8,14,16-17H,5,9-13H2,(H,20,21,22)/t14-,16-,17+/m0/s1. The molecule has 4 heterocycles. The van der Waals surface area contributed by atoms with Crippen LogP contribution in [0.2, 0.25) is 0 Å². The molecule has 0 unspecified atom stereocenters. The number of nitrogens with zero attached hydrogens (tertiary/aromatic N) is 4. The average molecular weight is 325 g/mol. The number of rotatable bonds is 5. The number of likely N-dealkylation sites (tertiary alicyclic amines) is 1. The number of fused-ring (bicyclic) bond motifs is 1. The van der Waals surface area contributed by atoms with E-state index in [2.05, 4.69) is 37.3 Å². The van der Waals surface area contributed by atoms with E-state index in [4.69, 9.17) is 4.74 Å². The van der Waals surface area contributed by atoms with Crippen molar-refractivity contribution < 1.29 is 4.74 Å². The molecule has 6 heteroatoms. The van der Waals surface area contributed by atoms with Crippen molar-refractivity contribution in [3.63, 3.8) is 0 Å². The summed E-state index contributed by atoms with van der Waals surface area (Å²) in [4.78, 5) is 15.4. The van der Waals surface area contributed by atoms with Gasteiger partial charge in [-0.2, -0.15) is 0 Å². The van der Waals surface area contributed by atoms with Gasteiger partial charge < -0.3 is 10.1 Å². The maximum atomic E-state index is 6.06. The minimum Gasteiger partial charge on any atom is -0.376 e. The fourth-order valence-electron chi connectivity index (χ4n) is 3.76. The van der Waals surface area contributed by atoms with Crippen LogP contribution in [0.1, 0.15) is 12.1 Å². The average Bonchev–Trinajstić information content (AvgIpc) is 3.04. The highest BCUT2D eigenvalue weighted by Gasteiger charge is 2.40. The van der Waals surface area contributed by atoms with Crippen molar-refractivity contribution in [2.45, 2.75) is 19.1 Å². The van der Waals surface area contributed by atoms with Crippen LogP contribution >= 0.6 is 0 Å². The van der Waals surface area contributed by atoms with E-state index < -0.39 is 0 Å². The molecular formula is C18H23N5O. The minimum absolute atomic E-state index is 0.227. The summed E-state index contributed by atoms with van der Waals surface area (Å²) in [5.41, 5.74) is 1.14. The molecule has 3 atom stereocenters. The lowest BCUT2D eigenvalue weighted by molar-refractivity contribution is 0.0827. The van der Waals surface area contributed by atoms with Crippen molar-refractivity contribution in [3.8, 4) is 0 Å². The Morgan fingerprint density at radius 1 is 1.12 bits per heavy atom. The molecule has 0 bridgehead atoms. The Kier molecular flexibility index (Phi) is 4.66. The fraction of sp³-hybridized carbons (Fsp3) is 0.500. The highest BCUT2D eigenvalue weighted by Crippen LogP contribution is 2.34. The third-order valence-electron chi connectivity index (χ3n) is 5.03. The molecule has 0 aromatic carbocycles. The van der Waals surface area contributed by atoms with Crippen LogP contribution in [0.4, 0.5) is 5.95 Å². The summed E-state index contributed by atoms with van der Waals surface area (Å²) < 4.78 is 6.06. The van der Waals surface area contributed by atoms with Crippen LogP contribution < -0.4 is 5.32 Å². The van der Waals surface area contributed by atoms with E-state index >= 15 is 0 Å². The van der Waals surface area contributed by atoms with E-state index in [0.29, 0.717) is 17.8 Å². The van der Waals surface area contributed by atoms with Gasteiger partial charge in [-0.25, -0.2) is 9.97 Å². The maximum absolute atomic E-state index is 6.06. The Morgan fingerprint density at radius 3 is 2.83 bits per heavy atom. The molecule has 2 fully saturated rings. The molecule has 0 amide bonds. The van der Waals surface area contributed by atoms with Crippen molar-refractivity contribution in [1.82, 2.24) is 19.9 Å². The Labute approximate surface area is 142 Å². The Bertz CT molecular complexity index is 638. The van der Waals surface area contributed by atoms with Gasteiger partial charge in [-0.3, -0.25) is 9.88 Å². The number of anilines is 1. The number of nitrogens with one attached hydrogen (secondary N) is 1. The molecule has 4 rings (SSSR count). The zero-order valence-electron chi connectivity index (χ0n) is 13.7. The van der Waals surface area contributed by atoms with E-state index in [1.165, 1.54) is 6.42 Å². The van der Waals surface area contributed by atoms with Gasteiger partial charge in [0.25, 0.3) is 0 Å². The molecule has 2 aliphatic heterocycles. The molecule has 2 aliphatic rings. The highest BCUT2D eigenvalue weighted by atomic mass is 16.5. The summed E-state index contributed by atoms with van der Waals surface area (Å²) in [6.45, 7) is 4.77. The molecule has 0 spiro atoms. The number of piperidine rings is 1. The number of hydrogen-bond acceptors (Lipinski definition) is 6. The summed E-state index contributed by atoms with van der Waals surface area (Å²) in [5, 5.41) is 3.31. The van der Waals surface area contributed by atoms with Crippen LogP contribution in [0, 0.1) is 11.8 Å². The first-order valence-electron chi connectivity index (χ1n) is 8.63. The third-order valence-corrected chi connectivity index (χ3v) is 5.03. The van der Waals surface area contributed by atoms with E-state index in [-0.39, 0.29) is 6.10 Å². The summed E-state index contributed by atoms with van der Waals surface area (Å²) >= 11 is 0. The van der Waals surface area contributed by atoms with Crippen molar-refractivity contribution in [2.75, 3.05) is 31.6 Å². The van der Waals surface area contributed by atoms with Crippen molar-refractivity contribution in [3.05, 3.63) is 48.5 Å². The number of ether oxygens (including phenoxy) is 1. The number of aromatic nitrogens is 3. The predicted molar refractivity (Wildman–Crippen MR) is 91.4 cm³/mol. The lowest BCUT2D eigenvalue weighted by atomic mass is 9.84. The molecule has 0 aliphatic carbocycles. The quantitative estimate of drug-likeness (QED) is 0.905. The third kappa shape index (κ3) is 3.55. The molecule has 126 valence electrons. The normalized spacial score (nSPS) is 26.9. The fourth-order valence-corrected chi connectivity index (χ4v) is 3.76. The SMILES string of the molecule is c1ccc(CN2CC[C@H]3CO[C@H](CNc4ncccn4)[C@H]3C2)nc1.